The first-order valence-electron chi connectivity index (χ1n) is 8.51. The second kappa shape index (κ2) is 8.01. The molecule has 1 saturated heterocycles. The van der Waals surface area contributed by atoms with Crippen molar-refractivity contribution >= 4 is 11.9 Å². The molecule has 0 saturated carbocycles. The zero-order valence-electron chi connectivity index (χ0n) is 14.3. The lowest BCUT2D eigenvalue weighted by Crippen LogP contribution is -2.49. The van der Waals surface area contributed by atoms with Gasteiger partial charge in [-0.25, -0.2) is 0 Å². The number of para-hydroxylation sites is 1. The van der Waals surface area contributed by atoms with Crippen molar-refractivity contribution in [3.8, 4) is 11.5 Å². The van der Waals surface area contributed by atoms with Gasteiger partial charge in [0, 0.05) is 19.8 Å². The van der Waals surface area contributed by atoms with E-state index in [0.29, 0.717) is 5.75 Å². The summed E-state index contributed by atoms with van der Waals surface area (Å²) in [6.07, 6.45) is 0.372. The van der Waals surface area contributed by atoms with Gasteiger partial charge >= 0.3 is 5.97 Å². The number of carboxylic acid groups (broad SMARTS) is 1. The fraction of sp³-hybridized carbons (Fsp3) is 0.300. The van der Waals surface area contributed by atoms with Gasteiger partial charge in [-0.2, -0.15) is 0 Å². The Morgan fingerprint density at radius 1 is 1.04 bits per heavy atom. The quantitative estimate of drug-likeness (QED) is 0.778. The molecular weight excluding hydrogens is 334 g/mol. The summed E-state index contributed by atoms with van der Waals surface area (Å²) in [5.41, 5.74) is -0.574. The number of rotatable bonds is 6. The van der Waals surface area contributed by atoms with E-state index >= 15 is 0 Å². The summed E-state index contributed by atoms with van der Waals surface area (Å²) in [6.45, 7) is 0.793. The minimum atomic E-state index is -1.41. The van der Waals surface area contributed by atoms with E-state index < -0.39 is 17.3 Å². The van der Waals surface area contributed by atoms with Crippen molar-refractivity contribution in [1.82, 2.24) is 5.32 Å². The second-order valence-electron chi connectivity index (χ2n) is 6.24. The molecule has 2 aromatic rings. The van der Waals surface area contributed by atoms with Crippen LogP contribution in [-0.4, -0.2) is 30.2 Å². The first kappa shape index (κ1) is 17.9. The molecule has 0 aromatic heterocycles. The first-order chi connectivity index (χ1) is 12.6. The molecule has 1 fully saturated rings. The molecule has 0 radical (unpaired) electrons. The molecule has 3 rings (SSSR count). The van der Waals surface area contributed by atoms with E-state index in [1.54, 1.807) is 0 Å². The van der Waals surface area contributed by atoms with Crippen LogP contribution in [0.3, 0.4) is 0 Å². The molecule has 1 aliphatic rings. The highest BCUT2D eigenvalue weighted by molar-refractivity contribution is 6.02. The van der Waals surface area contributed by atoms with Crippen LogP contribution >= 0.6 is 0 Å². The summed E-state index contributed by atoms with van der Waals surface area (Å²) >= 11 is 0. The number of hydrogen-bond donors (Lipinski definition) is 2. The topological polar surface area (TPSA) is 84.9 Å². The highest BCUT2D eigenvalue weighted by Crippen LogP contribution is 2.31. The number of carbonyl (C=O) groups is 2. The summed E-state index contributed by atoms with van der Waals surface area (Å²) in [5.74, 6) is -0.190. The van der Waals surface area contributed by atoms with Gasteiger partial charge in [0.05, 0.1) is 0 Å². The van der Waals surface area contributed by atoms with Crippen LogP contribution in [0.1, 0.15) is 18.4 Å². The maximum Gasteiger partial charge on any atom is 0.319 e. The van der Waals surface area contributed by atoms with Gasteiger partial charge in [-0.05, 0) is 42.7 Å². The van der Waals surface area contributed by atoms with Crippen molar-refractivity contribution in [2.45, 2.75) is 19.4 Å². The Bertz CT molecular complexity index is 769. The van der Waals surface area contributed by atoms with Gasteiger partial charge < -0.3 is 19.9 Å². The lowest BCUT2D eigenvalue weighted by molar-refractivity contribution is -0.162. The third-order valence-electron chi connectivity index (χ3n) is 4.52. The fourth-order valence-electron chi connectivity index (χ4n) is 2.95. The lowest BCUT2D eigenvalue weighted by atomic mass is 9.79. The van der Waals surface area contributed by atoms with Gasteiger partial charge in [-0.1, -0.05) is 30.3 Å². The van der Waals surface area contributed by atoms with Crippen molar-refractivity contribution in [2.75, 3.05) is 13.2 Å². The predicted molar refractivity (Wildman–Crippen MR) is 94.9 cm³/mol. The Hall–Kier alpha value is -2.86. The standard InChI is InChI=1S/C20H21NO5/c22-18(20(19(23)24)9-11-25-12-10-20)21-14-15-5-4-8-17(13-15)26-16-6-2-1-3-7-16/h1-8,13H,9-12,14H2,(H,21,22)(H,23,24). The number of hydrogen-bond acceptors (Lipinski definition) is 4. The number of ether oxygens (including phenoxy) is 2. The molecule has 0 atom stereocenters. The summed E-state index contributed by atoms with van der Waals surface area (Å²) in [4.78, 5) is 24.2. The number of nitrogens with one attached hydrogen (secondary N) is 1. The molecule has 1 heterocycles. The zero-order valence-corrected chi connectivity index (χ0v) is 14.3. The van der Waals surface area contributed by atoms with Gasteiger partial charge in [0.1, 0.15) is 11.5 Å². The Kier molecular flexibility index (Phi) is 5.53. The molecule has 2 aromatic carbocycles. The maximum absolute atomic E-state index is 12.5. The molecule has 6 nitrogen and oxygen atoms in total. The minimum absolute atomic E-state index is 0.186. The van der Waals surface area contributed by atoms with Crippen molar-refractivity contribution in [1.29, 1.82) is 0 Å². The number of amides is 1. The van der Waals surface area contributed by atoms with Crippen molar-refractivity contribution in [3.63, 3.8) is 0 Å². The zero-order chi connectivity index (χ0) is 18.4. The van der Waals surface area contributed by atoms with E-state index in [0.717, 1.165) is 11.3 Å². The summed E-state index contributed by atoms with van der Waals surface area (Å²) < 4.78 is 11.0. The molecule has 1 aliphatic heterocycles. The summed E-state index contributed by atoms with van der Waals surface area (Å²) in [5, 5.41) is 12.3. The molecule has 2 N–H and O–H groups in total. The van der Waals surface area contributed by atoms with E-state index in [1.165, 1.54) is 0 Å². The Balaban J connectivity index is 1.65. The van der Waals surface area contributed by atoms with Gasteiger partial charge in [0.15, 0.2) is 5.41 Å². The molecule has 6 heteroatoms. The van der Waals surface area contributed by atoms with E-state index in [1.807, 2.05) is 54.6 Å². The monoisotopic (exact) mass is 355 g/mol. The molecule has 0 bridgehead atoms. The Labute approximate surface area is 151 Å². The average Bonchev–Trinajstić information content (AvgIpc) is 2.67. The van der Waals surface area contributed by atoms with Crippen LogP contribution in [0.25, 0.3) is 0 Å². The highest BCUT2D eigenvalue weighted by atomic mass is 16.5. The first-order valence-corrected chi connectivity index (χ1v) is 8.51. The molecule has 0 unspecified atom stereocenters. The third-order valence-corrected chi connectivity index (χ3v) is 4.52. The average molecular weight is 355 g/mol. The summed E-state index contributed by atoms with van der Waals surface area (Å²) in [6, 6.07) is 16.7. The van der Waals surface area contributed by atoms with Crippen LogP contribution in [0.4, 0.5) is 0 Å². The Morgan fingerprint density at radius 2 is 1.73 bits per heavy atom. The SMILES string of the molecule is O=C(O)C1(C(=O)NCc2cccc(Oc3ccccc3)c2)CCOCC1. The summed E-state index contributed by atoms with van der Waals surface area (Å²) in [7, 11) is 0. The normalized spacial score (nSPS) is 15.8. The van der Waals surface area contributed by atoms with E-state index in [2.05, 4.69) is 5.32 Å². The Morgan fingerprint density at radius 3 is 2.42 bits per heavy atom. The molecule has 0 aliphatic carbocycles. The molecular formula is C20H21NO5. The van der Waals surface area contributed by atoms with Crippen LogP contribution in [0, 0.1) is 5.41 Å². The van der Waals surface area contributed by atoms with Crippen LogP contribution in [0.5, 0.6) is 11.5 Å². The maximum atomic E-state index is 12.5. The van der Waals surface area contributed by atoms with Crippen molar-refractivity contribution < 1.29 is 24.2 Å². The van der Waals surface area contributed by atoms with Gasteiger partial charge in [-0.15, -0.1) is 0 Å². The fourth-order valence-corrected chi connectivity index (χ4v) is 2.95. The van der Waals surface area contributed by atoms with Crippen LogP contribution in [-0.2, 0) is 20.9 Å². The molecule has 0 spiro atoms. The van der Waals surface area contributed by atoms with E-state index in [-0.39, 0.29) is 32.6 Å². The molecule has 26 heavy (non-hydrogen) atoms. The minimum Gasteiger partial charge on any atom is -0.480 e. The van der Waals surface area contributed by atoms with Crippen molar-refractivity contribution in [2.24, 2.45) is 5.41 Å². The lowest BCUT2D eigenvalue weighted by Gasteiger charge is -2.31. The van der Waals surface area contributed by atoms with Gasteiger partial charge in [-0.3, -0.25) is 9.59 Å². The van der Waals surface area contributed by atoms with E-state index in [9.17, 15) is 14.7 Å². The van der Waals surface area contributed by atoms with E-state index in [4.69, 9.17) is 9.47 Å². The highest BCUT2D eigenvalue weighted by Gasteiger charge is 2.47. The van der Waals surface area contributed by atoms with Crippen molar-refractivity contribution in [3.05, 3.63) is 60.2 Å². The number of carboxylic acids is 1. The third kappa shape index (κ3) is 4.03. The second-order valence-corrected chi connectivity index (χ2v) is 6.24. The number of carbonyl (C=O) groups excluding carboxylic acids is 1. The van der Waals surface area contributed by atoms with Gasteiger partial charge in [0.25, 0.3) is 0 Å². The van der Waals surface area contributed by atoms with Gasteiger partial charge in [0.2, 0.25) is 5.91 Å². The largest absolute Gasteiger partial charge is 0.480 e. The van der Waals surface area contributed by atoms with Crippen LogP contribution in [0.15, 0.2) is 54.6 Å². The van der Waals surface area contributed by atoms with Crippen LogP contribution in [0.2, 0.25) is 0 Å². The molecule has 1 amide bonds. The smallest absolute Gasteiger partial charge is 0.319 e. The van der Waals surface area contributed by atoms with Crippen LogP contribution < -0.4 is 10.1 Å². The predicted octanol–water partition coefficient (Wildman–Crippen LogP) is 2.98. The number of aliphatic carboxylic acids is 1. The molecule has 136 valence electrons. The number of benzene rings is 2.